The van der Waals surface area contributed by atoms with E-state index in [4.69, 9.17) is 15.2 Å². The van der Waals surface area contributed by atoms with Gasteiger partial charge in [-0.1, -0.05) is 30.3 Å². The van der Waals surface area contributed by atoms with Crippen LogP contribution in [-0.2, 0) is 10.3 Å². The number of benzene rings is 2. The molecule has 5 nitrogen and oxygen atoms in total. The predicted molar refractivity (Wildman–Crippen MR) is 94.1 cm³/mol. The summed E-state index contributed by atoms with van der Waals surface area (Å²) in [5, 5.41) is 0. The van der Waals surface area contributed by atoms with Gasteiger partial charge in [0.15, 0.2) is 0 Å². The first kappa shape index (κ1) is 17.8. The molecule has 0 radical (unpaired) electrons. The normalized spacial score (nSPS) is 13.0. The lowest BCUT2D eigenvalue weighted by Crippen LogP contribution is -2.50. The highest BCUT2D eigenvalue weighted by Gasteiger charge is 2.32. The van der Waals surface area contributed by atoms with Crippen molar-refractivity contribution in [2.45, 2.75) is 12.5 Å². The molecule has 2 N–H and O–H groups in total. The van der Waals surface area contributed by atoms with E-state index in [9.17, 15) is 4.79 Å². The summed E-state index contributed by atoms with van der Waals surface area (Å²) in [6.07, 6.45) is 0. The lowest BCUT2D eigenvalue weighted by atomic mass is 9.92. The maximum Gasteiger partial charge on any atom is 0.246 e. The average molecular weight is 328 g/mol. The number of amides is 1. The second-order valence-corrected chi connectivity index (χ2v) is 5.82. The van der Waals surface area contributed by atoms with Crippen LogP contribution in [-0.4, -0.2) is 38.1 Å². The number of methoxy groups -OCH3 is 1. The van der Waals surface area contributed by atoms with E-state index in [1.165, 1.54) is 0 Å². The van der Waals surface area contributed by atoms with Gasteiger partial charge in [0.25, 0.3) is 0 Å². The van der Waals surface area contributed by atoms with Crippen molar-refractivity contribution in [1.82, 2.24) is 4.90 Å². The molecular formula is C19H24N2O3. The smallest absolute Gasteiger partial charge is 0.246 e. The molecule has 0 aliphatic rings. The molecule has 2 rings (SSSR count). The highest BCUT2D eigenvalue weighted by molar-refractivity contribution is 5.86. The number of nitrogens with two attached hydrogens (primary N) is 1. The fourth-order valence-corrected chi connectivity index (χ4v) is 2.38. The summed E-state index contributed by atoms with van der Waals surface area (Å²) in [6.45, 7) is 2.56. The van der Waals surface area contributed by atoms with Crippen LogP contribution in [0.2, 0.25) is 0 Å². The zero-order chi connectivity index (χ0) is 17.6. The van der Waals surface area contributed by atoms with Crippen molar-refractivity contribution in [2.24, 2.45) is 5.73 Å². The van der Waals surface area contributed by atoms with Crippen molar-refractivity contribution in [3.8, 4) is 11.5 Å². The fourth-order valence-electron chi connectivity index (χ4n) is 2.38. The van der Waals surface area contributed by atoms with Gasteiger partial charge < -0.3 is 20.1 Å². The third-order valence-electron chi connectivity index (χ3n) is 3.92. The molecule has 0 aromatic heterocycles. The van der Waals surface area contributed by atoms with Crippen LogP contribution in [0, 0.1) is 0 Å². The van der Waals surface area contributed by atoms with Crippen LogP contribution in [0.15, 0.2) is 54.6 Å². The van der Waals surface area contributed by atoms with E-state index in [1.807, 2.05) is 54.6 Å². The number of ether oxygens (including phenoxy) is 2. The molecule has 0 spiro atoms. The molecule has 128 valence electrons. The van der Waals surface area contributed by atoms with Gasteiger partial charge in [-0.05, 0) is 36.8 Å². The summed E-state index contributed by atoms with van der Waals surface area (Å²) in [4.78, 5) is 14.2. The molecule has 0 heterocycles. The van der Waals surface area contributed by atoms with Crippen molar-refractivity contribution < 1.29 is 14.3 Å². The van der Waals surface area contributed by atoms with Crippen LogP contribution >= 0.6 is 0 Å². The van der Waals surface area contributed by atoms with E-state index < -0.39 is 5.54 Å². The maximum absolute atomic E-state index is 12.6. The molecule has 1 atom stereocenters. The van der Waals surface area contributed by atoms with Crippen molar-refractivity contribution in [2.75, 3.05) is 27.3 Å². The number of carbonyl (C=O) groups excluding carboxylic acids is 1. The molecule has 1 unspecified atom stereocenters. The van der Waals surface area contributed by atoms with Crippen molar-refractivity contribution in [1.29, 1.82) is 0 Å². The molecule has 5 heteroatoms. The highest BCUT2D eigenvalue weighted by atomic mass is 16.5. The quantitative estimate of drug-likeness (QED) is 0.848. The lowest BCUT2D eigenvalue weighted by molar-refractivity contribution is -0.135. The van der Waals surface area contributed by atoms with Crippen LogP contribution in [0.5, 0.6) is 11.5 Å². The number of nitrogens with zero attached hydrogens (tertiary/aromatic N) is 1. The summed E-state index contributed by atoms with van der Waals surface area (Å²) < 4.78 is 10.8. The Morgan fingerprint density at radius 3 is 2.25 bits per heavy atom. The van der Waals surface area contributed by atoms with Crippen LogP contribution in [0.1, 0.15) is 12.5 Å². The van der Waals surface area contributed by atoms with E-state index in [0.717, 1.165) is 17.1 Å². The first-order valence-electron chi connectivity index (χ1n) is 7.82. The molecule has 0 saturated heterocycles. The third-order valence-corrected chi connectivity index (χ3v) is 3.92. The Bertz CT molecular complexity index is 654. The van der Waals surface area contributed by atoms with Gasteiger partial charge in [0.2, 0.25) is 5.91 Å². The van der Waals surface area contributed by atoms with Crippen molar-refractivity contribution >= 4 is 5.91 Å². The van der Waals surface area contributed by atoms with Crippen LogP contribution < -0.4 is 15.2 Å². The summed E-state index contributed by atoms with van der Waals surface area (Å²) in [5.41, 5.74) is 5.98. The molecule has 0 aliphatic heterocycles. The van der Waals surface area contributed by atoms with Gasteiger partial charge in [-0.3, -0.25) is 4.79 Å². The molecule has 0 saturated carbocycles. The zero-order valence-electron chi connectivity index (χ0n) is 14.4. The molecule has 0 bridgehead atoms. The number of hydrogen-bond donors (Lipinski definition) is 1. The van der Waals surface area contributed by atoms with E-state index in [2.05, 4.69) is 0 Å². The van der Waals surface area contributed by atoms with E-state index in [-0.39, 0.29) is 5.91 Å². The van der Waals surface area contributed by atoms with Crippen molar-refractivity contribution in [3.05, 3.63) is 60.2 Å². The maximum atomic E-state index is 12.6. The van der Waals surface area contributed by atoms with Crippen molar-refractivity contribution in [3.63, 3.8) is 0 Å². The van der Waals surface area contributed by atoms with Gasteiger partial charge in [-0.15, -0.1) is 0 Å². The van der Waals surface area contributed by atoms with Gasteiger partial charge >= 0.3 is 0 Å². The summed E-state index contributed by atoms with van der Waals surface area (Å²) in [5.74, 6) is 1.36. The number of hydrogen-bond acceptors (Lipinski definition) is 4. The molecule has 0 fully saturated rings. The molecule has 2 aromatic carbocycles. The minimum atomic E-state index is -1.06. The topological polar surface area (TPSA) is 64.8 Å². The summed E-state index contributed by atoms with van der Waals surface area (Å²) in [6, 6.07) is 16.7. The Kier molecular flexibility index (Phi) is 5.82. The highest BCUT2D eigenvalue weighted by Crippen LogP contribution is 2.20. The Labute approximate surface area is 143 Å². The van der Waals surface area contributed by atoms with Gasteiger partial charge in [0, 0.05) is 7.05 Å². The van der Waals surface area contributed by atoms with Crippen LogP contribution in [0.4, 0.5) is 0 Å². The molecule has 24 heavy (non-hydrogen) atoms. The van der Waals surface area contributed by atoms with Crippen LogP contribution in [0.3, 0.4) is 0 Å². The Morgan fingerprint density at radius 1 is 1.08 bits per heavy atom. The largest absolute Gasteiger partial charge is 0.497 e. The van der Waals surface area contributed by atoms with Gasteiger partial charge in [-0.25, -0.2) is 0 Å². The monoisotopic (exact) mass is 328 g/mol. The fraction of sp³-hybridized carbons (Fsp3) is 0.316. The summed E-state index contributed by atoms with van der Waals surface area (Å²) in [7, 11) is 3.35. The lowest BCUT2D eigenvalue weighted by Gasteiger charge is -2.29. The van der Waals surface area contributed by atoms with Gasteiger partial charge in [-0.2, -0.15) is 0 Å². The Morgan fingerprint density at radius 2 is 1.67 bits per heavy atom. The zero-order valence-corrected chi connectivity index (χ0v) is 14.4. The second kappa shape index (κ2) is 7.84. The van der Waals surface area contributed by atoms with E-state index in [0.29, 0.717) is 13.2 Å². The number of carbonyl (C=O) groups is 1. The third kappa shape index (κ3) is 4.26. The van der Waals surface area contributed by atoms with E-state index >= 15 is 0 Å². The van der Waals surface area contributed by atoms with Crippen LogP contribution in [0.25, 0.3) is 0 Å². The Hall–Kier alpha value is -2.53. The second-order valence-electron chi connectivity index (χ2n) is 5.82. The first-order valence-corrected chi connectivity index (χ1v) is 7.82. The number of likely N-dealkylation sites (N-methyl/N-ethyl adjacent to an activating group) is 1. The SMILES string of the molecule is COc1ccc(OCCN(C)C(=O)C(C)(N)c2ccccc2)cc1. The molecular weight excluding hydrogens is 304 g/mol. The first-order chi connectivity index (χ1) is 11.4. The number of rotatable bonds is 7. The Balaban J connectivity index is 1.89. The molecule has 2 aromatic rings. The van der Waals surface area contributed by atoms with Gasteiger partial charge in [0.1, 0.15) is 23.6 Å². The molecule has 1 amide bonds. The van der Waals surface area contributed by atoms with Gasteiger partial charge in [0.05, 0.1) is 13.7 Å². The standard InChI is InChI=1S/C19H24N2O3/c1-19(20,15-7-5-4-6-8-15)18(22)21(2)13-14-24-17-11-9-16(23-3)10-12-17/h4-12H,13-14,20H2,1-3H3. The minimum absolute atomic E-state index is 0.146. The van der Waals surface area contributed by atoms with E-state index in [1.54, 1.807) is 26.0 Å². The predicted octanol–water partition coefficient (Wildman–Crippen LogP) is 2.41. The minimum Gasteiger partial charge on any atom is -0.497 e. The molecule has 0 aliphatic carbocycles. The average Bonchev–Trinajstić information content (AvgIpc) is 2.62. The summed E-state index contributed by atoms with van der Waals surface area (Å²) >= 11 is 0.